The van der Waals surface area contributed by atoms with Crippen molar-refractivity contribution in [2.24, 2.45) is 5.41 Å². The number of methoxy groups -OCH3 is 2. The Balaban J connectivity index is 2.68. The number of rotatable bonds is 3. The molecule has 0 amide bonds. The van der Waals surface area contributed by atoms with Crippen LogP contribution in [-0.2, 0) is 23.9 Å². The third-order valence-electron chi connectivity index (χ3n) is 4.44. The van der Waals surface area contributed by atoms with Crippen LogP contribution < -0.4 is 0 Å². The molecule has 0 aromatic carbocycles. The van der Waals surface area contributed by atoms with E-state index in [0.717, 1.165) is 31.6 Å². The summed E-state index contributed by atoms with van der Waals surface area (Å²) in [5.41, 5.74) is 0.611. The van der Waals surface area contributed by atoms with Gasteiger partial charge in [-0.1, -0.05) is 13.8 Å². The van der Waals surface area contributed by atoms with E-state index >= 15 is 0 Å². The number of esters is 2. The molecule has 0 bridgehead atoms. The van der Waals surface area contributed by atoms with Crippen LogP contribution in [0.15, 0.2) is 22.9 Å². The topological polar surface area (TPSA) is 72.9 Å². The Morgan fingerprint density at radius 2 is 1.62 bits per heavy atom. The highest BCUT2D eigenvalue weighted by molar-refractivity contribution is 6.11. The molecule has 0 radical (unpaired) electrons. The fraction of sp³-hybridized carbons (Fsp3) is 0.611. The molecule has 0 aromatic rings. The van der Waals surface area contributed by atoms with Crippen LogP contribution in [0.5, 0.6) is 0 Å². The van der Waals surface area contributed by atoms with Gasteiger partial charge >= 0.3 is 11.9 Å². The monoisotopic (exact) mass is 335 g/mol. The van der Waals surface area contributed by atoms with Crippen molar-refractivity contribution < 1.29 is 23.9 Å². The van der Waals surface area contributed by atoms with Gasteiger partial charge in [-0.2, -0.15) is 0 Å². The zero-order chi connectivity index (χ0) is 17.9. The molecule has 1 fully saturated rings. The Labute approximate surface area is 142 Å². The van der Waals surface area contributed by atoms with E-state index in [1.165, 1.54) is 20.3 Å². The first-order valence-electron chi connectivity index (χ1n) is 8.18. The van der Waals surface area contributed by atoms with Crippen molar-refractivity contribution in [2.75, 3.05) is 27.3 Å². The van der Waals surface area contributed by atoms with Gasteiger partial charge in [0.05, 0.1) is 25.4 Å². The minimum atomic E-state index is -0.694. The Morgan fingerprint density at radius 3 is 2.17 bits per heavy atom. The second kappa shape index (κ2) is 7.20. The van der Waals surface area contributed by atoms with E-state index in [0.29, 0.717) is 12.8 Å². The highest BCUT2D eigenvalue weighted by Gasteiger charge is 2.36. The van der Waals surface area contributed by atoms with Crippen molar-refractivity contribution in [3.8, 4) is 0 Å². The number of carbonyl (C=O) groups is 3. The van der Waals surface area contributed by atoms with E-state index < -0.39 is 11.9 Å². The number of ether oxygens (including phenoxy) is 2. The van der Waals surface area contributed by atoms with Crippen LogP contribution >= 0.6 is 0 Å². The van der Waals surface area contributed by atoms with Gasteiger partial charge in [-0.15, -0.1) is 0 Å². The number of likely N-dealkylation sites (tertiary alicyclic amines) is 1. The molecule has 0 aromatic heterocycles. The lowest BCUT2D eigenvalue weighted by atomic mass is 9.78. The van der Waals surface area contributed by atoms with Crippen molar-refractivity contribution in [2.45, 2.75) is 39.5 Å². The smallest absolute Gasteiger partial charge is 0.340 e. The summed E-state index contributed by atoms with van der Waals surface area (Å²) in [5, 5.41) is 0. The zero-order valence-corrected chi connectivity index (χ0v) is 14.8. The van der Waals surface area contributed by atoms with Crippen LogP contribution in [0.1, 0.15) is 39.5 Å². The Bertz CT molecular complexity index is 609. The maximum Gasteiger partial charge on any atom is 0.340 e. The van der Waals surface area contributed by atoms with Gasteiger partial charge in [0, 0.05) is 25.2 Å². The van der Waals surface area contributed by atoms with Crippen molar-refractivity contribution in [3.05, 3.63) is 22.9 Å². The fourth-order valence-electron chi connectivity index (χ4n) is 3.37. The average Bonchev–Trinajstić information content (AvgIpc) is 3.04. The number of hydrogen-bond acceptors (Lipinski definition) is 6. The van der Waals surface area contributed by atoms with Crippen molar-refractivity contribution in [1.82, 2.24) is 4.90 Å². The first-order valence-corrected chi connectivity index (χ1v) is 8.18. The largest absolute Gasteiger partial charge is 0.465 e. The van der Waals surface area contributed by atoms with Crippen LogP contribution in [-0.4, -0.2) is 49.9 Å². The second-order valence-electron chi connectivity index (χ2n) is 7.04. The number of carbonyl (C=O) groups excluding carboxylic acids is 3. The summed E-state index contributed by atoms with van der Waals surface area (Å²) in [7, 11) is 2.51. The summed E-state index contributed by atoms with van der Waals surface area (Å²) in [4.78, 5) is 39.1. The van der Waals surface area contributed by atoms with E-state index in [1.807, 2.05) is 13.8 Å². The van der Waals surface area contributed by atoms with Crippen LogP contribution in [0.25, 0.3) is 0 Å². The molecule has 132 valence electrons. The van der Waals surface area contributed by atoms with Gasteiger partial charge in [-0.25, -0.2) is 9.59 Å². The van der Waals surface area contributed by atoms with Crippen LogP contribution in [0.4, 0.5) is 0 Å². The van der Waals surface area contributed by atoms with Gasteiger partial charge in [0.2, 0.25) is 0 Å². The summed E-state index contributed by atoms with van der Waals surface area (Å²) in [6, 6.07) is 0. The Morgan fingerprint density at radius 1 is 1.04 bits per heavy atom. The first kappa shape index (κ1) is 18.2. The molecule has 24 heavy (non-hydrogen) atoms. The van der Waals surface area contributed by atoms with Crippen molar-refractivity contribution in [1.29, 1.82) is 0 Å². The lowest BCUT2D eigenvalue weighted by Gasteiger charge is -2.33. The highest BCUT2D eigenvalue weighted by atomic mass is 16.5. The SMILES string of the molecule is COC(=O)C1=C(\N2CCCC2)CC(C)(C)CC(=O)/C=C\1C(=O)OC. The minimum Gasteiger partial charge on any atom is -0.465 e. The molecule has 0 atom stereocenters. The lowest BCUT2D eigenvalue weighted by Crippen LogP contribution is -2.32. The molecule has 1 aliphatic carbocycles. The molecule has 0 spiro atoms. The molecule has 1 saturated heterocycles. The molecular weight excluding hydrogens is 310 g/mol. The lowest BCUT2D eigenvalue weighted by molar-refractivity contribution is -0.139. The van der Waals surface area contributed by atoms with Gasteiger partial charge in [0.1, 0.15) is 0 Å². The predicted molar refractivity (Wildman–Crippen MR) is 88.0 cm³/mol. The van der Waals surface area contributed by atoms with E-state index in [-0.39, 0.29) is 22.3 Å². The van der Waals surface area contributed by atoms with E-state index in [9.17, 15) is 14.4 Å². The van der Waals surface area contributed by atoms with E-state index in [1.54, 1.807) is 0 Å². The van der Waals surface area contributed by atoms with Gasteiger partial charge < -0.3 is 14.4 Å². The van der Waals surface area contributed by atoms with Gasteiger partial charge in [0.25, 0.3) is 0 Å². The number of hydrogen-bond donors (Lipinski definition) is 0. The van der Waals surface area contributed by atoms with Crippen LogP contribution in [0.3, 0.4) is 0 Å². The molecule has 1 aliphatic heterocycles. The quantitative estimate of drug-likeness (QED) is 0.735. The molecule has 1 heterocycles. The number of nitrogens with zero attached hydrogens (tertiary/aromatic N) is 1. The molecular formula is C18H25NO5. The number of allylic oxidation sites excluding steroid dienone is 2. The molecule has 0 N–H and O–H groups in total. The molecule has 0 unspecified atom stereocenters. The van der Waals surface area contributed by atoms with Crippen LogP contribution in [0.2, 0.25) is 0 Å². The summed E-state index contributed by atoms with van der Waals surface area (Å²) >= 11 is 0. The predicted octanol–water partition coefficient (Wildman–Crippen LogP) is 2.00. The maximum atomic E-state index is 12.5. The summed E-state index contributed by atoms with van der Waals surface area (Å²) in [6.45, 7) is 5.64. The van der Waals surface area contributed by atoms with Gasteiger partial charge in [0.15, 0.2) is 5.78 Å². The average molecular weight is 335 g/mol. The first-order chi connectivity index (χ1) is 11.3. The summed E-state index contributed by atoms with van der Waals surface area (Å²) in [6.07, 6.45) is 4.13. The van der Waals surface area contributed by atoms with E-state index in [4.69, 9.17) is 9.47 Å². The standard InChI is InChI=1S/C18H25NO5/c1-18(2)10-12(20)9-13(16(21)23-3)15(17(22)24-4)14(11-18)19-7-5-6-8-19/h9H,5-8,10-11H2,1-4H3/b13-9+,15-14-. The third-order valence-corrected chi connectivity index (χ3v) is 4.44. The fourth-order valence-corrected chi connectivity index (χ4v) is 3.37. The second-order valence-corrected chi connectivity index (χ2v) is 7.04. The highest BCUT2D eigenvalue weighted by Crippen LogP contribution is 2.38. The summed E-state index contributed by atoms with van der Waals surface area (Å²) < 4.78 is 9.72. The van der Waals surface area contributed by atoms with E-state index in [2.05, 4.69) is 4.90 Å². The molecule has 2 aliphatic rings. The van der Waals surface area contributed by atoms with Crippen LogP contribution in [0, 0.1) is 5.41 Å². The molecule has 6 nitrogen and oxygen atoms in total. The van der Waals surface area contributed by atoms with Crippen molar-refractivity contribution in [3.63, 3.8) is 0 Å². The third kappa shape index (κ3) is 3.86. The number of ketones is 1. The minimum absolute atomic E-state index is 0.00764. The molecule has 6 heteroatoms. The normalized spacial score (nSPS) is 26.2. The zero-order valence-electron chi connectivity index (χ0n) is 14.8. The Kier molecular flexibility index (Phi) is 5.47. The van der Waals surface area contributed by atoms with Gasteiger partial charge in [-0.3, -0.25) is 4.79 Å². The molecule has 2 rings (SSSR count). The maximum absolute atomic E-state index is 12.5. The van der Waals surface area contributed by atoms with Crippen molar-refractivity contribution >= 4 is 17.7 Å². The van der Waals surface area contributed by atoms with Gasteiger partial charge in [-0.05, 0) is 30.8 Å². The summed E-state index contributed by atoms with van der Waals surface area (Å²) in [5.74, 6) is -1.50. The Hall–Kier alpha value is -2.11. The molecule has 0 saturated carbocycles.